The first-order valence-corrected chi connectivity index (χ1v) is 9.30. The van der Waals surface area contributed by atoms with Crippen molar-refractivity contribution >= 4 is 12.1 Å². The van der Waals surface area contributed by atoms with E-state index >= 15 is 0 Å². The summed E-state index contributed by atoms with van der Waals surface area (Å²) in [5.41, 5.74) is 7.76. The lowest BCUT2D eigenvalue weighted by molar-refractivity contribution is 0.161. The summed E-state index contributed by atoms with van der Waals surface area (Å²) in [5, 5.41) is 5.90. The highest BCUT2D eigenvalue weighted by atomic mass is 16.2. The average Bonchev–Trinajstić information content (AvgIpc) is 2.83. The number of aryl methyl sites for hydroxylation is 1. The highest BCUT2D eigenvalue weighted by molar-refractivity contribution is 5.75. The Morgan fingerprint density at radius 1 is 1.16 bits per heavy atom. The summed E-state index contributed by atoms with van der Waals surface area (Å²) in [6.07, 6.45) is 6.35. The van der Waals surface area contributed by atoms with Gasteiger partial charge in [-0.05, 0) is 49.1 Å². The van der Waals surface area contributed by atoms with Crippen LogP contribution < -0.4 is 16.4 Å². The molecule has 0 saturated carbocycles. The van der Waals surface area contributed by atoms with E-state index < -0.39 is 6.03 Å². The Hall–Kier alpha value is -2.24. The number of carbonyl (C=O) groups excluding carboxylic acids is 2. The van der Waals surface area contributed by atoms with Crippen molar-refractivity contribution in [2.45, 2.75) is 44.6 Å². The topological polar surface area (TPSA) is 87.5 Å². The van der Waals surface area contributed by atoms with Crippen LogP contribution in [0.5, 0.6) is 0 Å². The number of carbonyl (C=O) groups is 2. The molecule has 6 heteroatoms. The van der Waals surface area contributed by atoms with Crippen LogP contribution in [0.25, 0.3) is 0 Å². The number of hydrogen-bond donors (Lipinski definition) is 3. The molecule has 1 aromatic rings. The fourth-order valence-electron chi connectivity index (χ4n) is 3.97. The molecular formula is C19H28N4O2. The Balaban J connectivity index is 1.61. The fourth-order valence-corrected chi connectivity index (χ4v) is 3.97. The van der Waals surface area contributed by atoms with E-state index in [1.807, 2.05) is 4.90 Å². The molecule has 1 aromatic carbocycles. The summed E-state index contributed by atoms with van der Waals surface area (Å²) < 4.78 is 0. The van der Waals surface area contributed by atoms with Gasteiger partial charge in [-0.3, -0.25) is 0 Å². The molecule has 2 unspecified atom stereocenters. The summed E-state index contributed by atoms with van der Waals surface area (Å²) in [4.78, 5) is 25.5. The highest BCUT2D eigenvalue weighted by Crippen LogP contribution is 2.29. The lowest BCUT2D eigenvalue weighted by atomic mass is 9.97. The molecule has 1 aliphatic carbocycles. The molecule has 1 fully saturated rings. The van der Waals surface area contributed by atoms with Crippen LogP contribution in [0.4, 0.5) is 9.59 Å². The van der Waals surface area contributed by atoms with E-state index in [1.54, 1.807) is 0 Å². The normalized spacial score (nSPS) is 23.3. The summed E-state index contributed by atoms with van der Waals surface area (Å²) >= 11 is 0. The van der Waals surface area contributed by atoms with Crippen LogP contribution in [0.3, 0.4) is 0 Å². The van der Waals surface area contributed by atoms with Crippen molar-refractivity contribution in [2.24, 2.45) is 11.7 Å². The first-order chi connectivity index (χ1) is 12.1. The minimum Gasteiger partial charge on any atom is -0.352 e. The molecule has 136 valence electrons. The summed E-state index contributed by atoms with van der Waals surface area (Å²) in [7, 11) is 0. The number of piperidine rings is 1. The molecule has 2 atom stereocenters. The van der Waals surface area contributed by atoms with Crippen LogP contribution in [0, 0.1) is 5.92 Å². The van der Waals surface area contributed by atoms with Gasteiger partial charge in [0.2, 0.25) is 0 Å². The second kappa shape index (κ2) is 8.23. The predicted molar refractivity (Wildman–Crippen MR) is 97.2 cm³/mol. The van der Waals surface area contributed by atoms with Gasteiger partial charge in [-0.25, -0.2) is 9.59 Å². The number of hydrogen-bond acceptors (Lipinski definition) is 2. The van der Waals surface area contributed by atoms with Crippen molar-refractivity contribution in [1.82, 2.24) is 15.5 Å². The molecule has 4 N–H and O–H groups in total. The zero-order chi connectivity index (χ0) is 17.6. The van der Waals surface area contributed by atoms with Crippen LogP contribution in [0.15, 0.2) is 24.3 Å². The first kappa shape index (κ1) is 17.6. The predicted octanol–water partition coefficient (Wildman–Crippen LogP) is 2.54. The molecule has 0 bridgehead atoms. The van der Waals surface area contributed by atoms with Crippen molar-refractivity contribution in [2.75, 3.05) is 19.6 Å². The number of likely N-dealkylation sites (tertiary alicyclic amines) is 1. The average molecular weight is 344 g/mol. The number of fused-ring (bicyclic) bond motifs is 1. The number of nitrogens with zero attached hydrogens (tertiary/aromatic N) is 1. The van der Waals surface area contributed by atoms with Crippen molar-refractivity contribution < 1.29 is 9.59 Å². The number of nitrogens with one attached hydrogen (secondary N) is 2. The van der Waals surface area contributed by atoms with E-state index in [1.165, 1.54) is 17.5 Å². The highest BCUT2D eigenvalue weighted by Gasteiger charge is 2.27. The SMILES string of the molecule is NC(=O)NCC1CCCN(C(=O)NC2CCCCc3ccccc32)C1. The second-order valence-corrected chi connectivity index (χ2v) is 7.15. The lowest BCUT2D eigenvalue weighted by Crippen LogP contribution is -2.48. The maximum Gasteiger partial charge on any atom is 0.317 e. The molecule has 1 heterocycles. The monoisotopic (exact) mass is 344 g/mol. The molecule has 2 aliphatic rings. The van der Waals surface area contributed by atoms with Crippen LogP contribution >= 0.6 is 0 Å². The smallest absolute Gasteiger partial charge is 0.317 e. The van der Waals surface area contributed by atoms with Crippen molar-refractivity contribution in [1.29, 1.82) is 0 Å². The fraction of sp³-hybridized carbons (Fsp3) is 0.579. The minimum absolute atomic E-state index is 0.00507. The van der Waals surface area contributed by atoms with Crippen LogP contribution in [0.2, 0.25) is 0 Å². The van der Waals surface area contributed by atoms with Crippen LogP contribution in [-0.4, -0.2) is 36.6 Å². The zero-order valence-electron chi connectivity index (χ0n) is 14.7. The number of amides is 4. The molecule has 4 amide bonds. The second-order valence-electron chi connectivity index (χ2n) is 7.15. The molecule has 25 heavy (non-hydrogen) atoms. The molecule has 1 aliphatic heterocycles. The number of benzene rings is 1. The first-order valence-electron chi connectivity index (χ1n) is 9.30. The van der Waals surface area contributed by atoms with E-state index in [9.17, 15) is 9.59 Å². The maximum atomic E-state index is 12.8. The third-order valence-electron chi connectivity index (χ3n) is 5.29. The Morgan fingerprint density at radius 3 is 2.84 bits per heavy atom. The van der Waals surface area contributed by atoms with Crippen LogP contribution in [0.1, 0.15) is 49.3 Å². The third kappa shape index (κ3) is 4.65. The van der Waals surface area contributed by atoms with Gasteiger partial charge < -0.3 is 21.3 Å². The van der Waals surface area contributed by atoms with E-state index in [2.05, 4.69) is 34.9 Å². The molecule has 3 rings (SSSR count). The third-order valence-corrected chi connectivity index (χ3v) is 5.29. The Labute approximate surface area is 149 Å². The van der Waals surface area contributed by atoms with Gasteiger partial charge in [0.25, 0.3) is 0 Å². The van der Waals surface area contributed by atoms with Crippen LogP contribution in [-0.2, 0) is 6.42 Å². The van der Waals surface area contributed by atoms with Gasteiger partial charge in [0.15, 0.2) is 0 Å². The largest absolute Gasteiger partial charge is 0.352 e. The number of urea groups is 2. The Bertz CT molecular complexity index is 619. The summed E-state index contributed by atoms with van der Waals surface area (Å²) in [5.74, 6) is 0.272. The summed E-state index contributed by atoms with van der Waals surface area (Å²) in [6, 6.07) is 8.03. The molecule has 1 saturated heterocycles. The molecule has 0 aromatic heterocycles. The maximum absolute atomic E-state index is 12.8. The van der Waals surface area contributed by atoms with Gasteiger partial charge in [0.1, 0.15) is 0 Å². The van der Waals surface area contributed by atoms with Crippen molar-refractivity contribution in [3.8, 4) is 0 Å². The number of rotatable bonds is 3. The number of nitrogens with two attached hydrogens (primary N) is 1. The molecule has 0 spiro atoms. The van der Waals surface area contributed by atoms with Gasteiger partial charge >= 0.3 is 12.1 Å². The van der Waals surface area contributed by atoms with E-state index in [4.69, 9.17) is 5.73 Å². The molecule has 6 nitrogen and oxygen atoms in total. The zero-order valence-corrected chi connectivity index (χ0v) is 14.7. The van der Waals surface area contributed by atoms with E-state index in [0.29, 0.717) is 13.1 Å². The van der Waals surface area contributed by atoms with Gasteiger partial charge in [-0.2, -0.15) is 0 Å². The Morgan fingerprint density at radius 2 is 2.00 bits per heavy atom. The minimum atomic E-state index is -0.503. The van der Waals surface area contributed by atoms with E-state index in [0.717, 1.165) is 38.6 Å². The lowest BCUT2D eigenvalue weighted by Gasteiger charge is -2.34. The van der Waals surface area contributed by atoms with E-state index in [-0.39, 0.29) is 18.0 Å². The Kier molecular flexibility index (Phi) is 5.79. The van der Waals surface area contributed by atoms with Crippen molar-refractivity contribution in [3.05, 3.63) is 35.4 Å². The molecule has 0 radical (unpaired) electrons. The van der Waals surface area contributed by atoms with Crippen molar-refractivity contribution in [3.63, 3.8) is 0 Å². The van der Waals surface area contributed by atoms with Gasteiger partial charge in [-0.15, -0.1) is 0 Å². The molecular weight excluding hydrogens is 316 g/mol. The van der Waals surface area contributed by atoms with Gasteiger partial charge in [-0.1, -0.05) is 30.7 Å². The standard InChI is InChI=1S/C19H28N4O2/c20-18(24)21-12-14-6-5-11-23(13-14)19(25)22-17-10-4-2-8-15-7-1-3-9-16(15)17/h1,3,7,9,14,17H,2,4-6,8,10-13H2,(H,22,25)(H3,20,21,24). The quantitative estimate of drug-likeness (QED) is 0.736. The number of primary amides is 1. The van der Waals surface area contributed by atoms with Gasteiger partial charge in [0, 0.05) is 19.6 Å². The summed E-state index contributed by atoms with van der Waals surface area (Å²) in [6.45, 7) is 1.97. The van der Waals surface area contributed by atoms with Gasteiger partial charge in [0.05, 0.1) is 6.04 Å².